The van der Waals surface area contributed by atoms with Gasteiger partial charge in [0.15, 0.2) is 18.1 Å². The van der Waals surface area contributed by atoms with E-state index in [1.165, 1.54) is 19.8 Å². The molecule has 2 aromatic carbocycles. The van der Waals surface area contributed by atoms with Gasteiger partial charge < -0.3 is 25.3 Å². The predicted octanol–water partition coefficient (Wildman–Crippen LogP) is 2.81. The zero-order chi connectivity index (χ0) is 21.6. The third kappa shape index (κ3) is 4.67. The van der Waals surface area contributed by atoms with E-state index < -0.39 is 5.91 Å². The van der Waals surface area contributed by atoms with Crippen LogP contribution in [0.25, 0.3) is 0 Å². The fourth-order valence-electron chi connectivity index (χ4n) is 4.06. The molecule has 2 aromatic rings. The first-order valence-electron chi connectivity index (χ1n) is 10.00. The molecule has 0 unspecified atom stereocenters. The molecule has 0 saturated heterocycles. The average molecular weight is 412 g/mol. The van der Waals surface area contributed by atoms with Crippen LogP contribution in [0, 0.1) is 0 Å². The number of carbonyl (C=O) groups is 2. The molecular weight excluding hydrogens is 384 g/mol. The molecule has 0 aliphatic heterocycles. The summed E-state index contributed by atoms with van der Waals surface area (Å²) in [6.45, 7) is 0.234. The van der Waals surface area contributed by atoms with Crippen LogP contribution in [0.4, 0.5) is 0 Å². The van der Waals surface area contributed by atoms with E-state index in [9.17, 15) is 9.59 Å². The molecule has 1 fully saturated rings. The Morgan fingerprint density at radius 1 is 1.03 bits per heavy atom. The summed E-state index contributed by atoms with van der Waals surface area (Å²) in [5.41, 5.74) is 6.75. The Kier molecular flexibility index (Phi) is 6.82. The van der Waals surface area contributed by atoms with Gasteiger partial charge in [-0.2, -0.15) is 0 Å². The second-order valence-corrected chi connectivity index (χ2v) is 7.50. The topological polar surface area (TPSA) is 99.9 Å². The van der Waals surface area contributed by atoms with Gasteiger partial charge in [0, 0.05) is 17.5 Å². The van der Waals surface area contributed by atoms with Crippen molar-refractivity contribution in [2.24, 2.45) is 5.73 Å². The summed E-state index contributed by atoms with van der Waals surface area (Å²) in [4.78, 5) is 24.0. The fraction of sp³-hybridized carbons (Fsp3) is 0.391. The number of rotatable bonds is 9. The summed E-state index contributed by atoms with van der Waals surface area (Å²) in [6, 6.07) is 13.5. The molecule has 2 amide bonds. The molecule has 30 heavy (non-hydrogen) atoms. The van der Waals surface area contributed by atoms with Gasteiger partial charge in [-0.3, -0.25) is 9.59 Å². The van der Waals surface area contributed by atoms with Crippen molar-refractivity contribution in [2.45, 2.75) is 31.1 Å². The fourth-order valence-corrected chi connectivity index (χ4v) is 4.06. The van der Waals surface area contributed by atoms with Gasteiger partial charge in [-0.05, 0) is 30.5 Å². The van der Waals surface area contributed by atoms with Crippen LogP contribution >= 0.6 is 0 Å². The summed E-state index contributed by atoms with van der Waals surface area (Å²) >= 11 is 0. The summed E-state index contributed by atoms with van der Waals surface area (Å²) in [5, 5.41) is 3.09. The summed E-state index contributed by atoms with van der Waals surface area (Å²) < 4.78 is 16.1. The highest BCUT2D eigenvalue weighted by Gasteiger charge is 2.36. The monoisotopic (exact) mass is 412 g/mol. The molecule has 0 radical (unpaired) electrons. The first-order chi connectivity index (χ1) is 14.5. The van der Waals surface area contributed by atoms with Crippen LogP contribution in [-0.2, 0) is 10.2 Å². The number of benzene rings is 2. The van der Waals surface area contributed by atoms with Crippen LogP contribution in [-0.4, -0.2) is 39.2 Å². The Bertz CT molecular complexity index is 867. The predicted molar refractivity (Wildman–Crippen MR) is 113 cm³/mol. The maximum absolute atomic E-state index is 13.0. The Labute approximate surface area is 176 Å². The minimum Gasteiger partial charge on any atom is -0.493 e. The van der Waals surface area contributed by atoms with E-state index in [4.69, 9.17) is 19.9 Å². The first-order valence-corrected chi connectivity index (χ1v) is 10.00. The molecule has 3 rings (SSSR count). The molecule has 3 N–H and O–H groups in total. The van der Waals surface area contributed by atoms with Gasteiger partial charge in [0.2, 0.25) is 5.75 Å². The van der Waals surface area contributed by atoms with Crippen molar-refractivity contribution < 1.29 is 23.8 Å². The van der Waals surface area contributed by atoms with Crippen LogP contribution in [0.15, 0.2) is 42.5 Å². The highest BCUT2D eigenvalue weighted by Crippen LogP contribution is 2.41. The number of amides is 2. The SMILES string of the molecule is COc1cc(C(=O)NCC2(c3ccccc3)CCCC2)cc(OC)c1OCC(N)=O. The second kappa shape index (κ2) is 9.52. The van der Waals surface area contributed by atoms with Crippen molar-refractivity contribution in [3.05, 3.63) is 53.6 Å². The lowest BCUT2D eigenvalue weighted by molar-refractivity contribution is -0.120. The highest BCUT2D eigenvalue weighted by atomic mass is 16.5. The van der Waals surface area contributed by atoms with E-state index >= 15 is 0 Å². The third-order valence-corrected chi connectivity index (χ3v) is 5.62. The third-order valence-electron chi connectivity index (χ3n) is 5.62. The summed E-state index contributed by atoms with van der Waals surface area (Å²) in [5.74, 6) is -0.0374. The molecule has 0 heterocycles. The normalized spacial score (nSPS) is 14.7. The quantitative estimate of drug-likeness (QED) is 0.660. The van der Waals surface area contributed by atoms with Gasteiger partial charge in [0.1, 0.15) is 0 Å². The van der Waals surface area contributed by atoms with E-state index in [1.807, 2.05) is 18.2 Å². The Hall–Kier alpha value is -3.22. The first kappa shape index (κ1) is 21.5. The number of nitrogens with one attached hydrogen (secondary N) is 1. The number of hydrogen-bond acceptors (Lipinski definition) is 5. The van der Waals surface area contributed by atoms with Gasteiger partial charge in [-0.15, -0.1) is 0 Å². The minimum absolute atomic E-state index is 0.0460. The van der Waals surface area contributed by atoms with E-state index in [1.54, 1.807) is 12.1 Å². The number of methoxy groups -OCH3 is 2. The molecule has 7 heteroatoms. The van der Waals surface area contributed by atoms with Gasteiger partial charge in [0.25, 0.3) is 11.8 Å². The lowest BCUT2D eigenvalue weighted by Gasteiger charge is -2.30. The molecule has 0 spiro atoms. The maximum Gasteiger partial charge on any atom is 0.255 e. The lowest BCUT2D eigenvalue weighted by Crippen LogP contribution is -2.39. The minimum atomic E-state index is -0.622. The number of primary amides is 1. The van der Waals surface area contributed by atoms with E-state index in [2.05, 4.69) is 17.4 Å². The van der Waals surface area contributed by atoms with Crippen LogP contribution in [0.2, 0.25) is 0 Å². The second-order valence-electron chi connectivity index (χ2n) is 7.50. The van der Waals surface area contributed by atoms with Gasteiger partial charge in [-0.1, -0.05) is 43.2 Å². The van der Waals surface area contributed by atoms with Crippen molar-refractivity contribution in [1.29, 1.82) is 0 Å². The van der Waals surface area contributed by atoms with Gasteiger partial charge in [0.05, 0.1) is 14.2 Å². The number of hydrogen-bond donors (Lipinski definition) is 2. The van der Waals surface area contributed by atoms with Crippen LogP contribution in [0.1, 0.15) is 41.6 Å². The van der Waals surface area contributed by atoms with E-state index in [0.29, 0.717) is 23.6 Å². The molecule has 0 aromatic heterocycles. The maximum atomic E-state index is 13.0. The van der Waals surface area contributed by atoms with Gasteiger partial charge in [-0.25, -0.2) is 0 Å². The average Bonchev–Trinajstić information content (AvgIpc) is 3.26. The Balaban J connectivity index is 1.80. The van der Waals surface area contributed by atoms with Crippen LogP contribution < -0.4 is 25.3 Å². The van der Waals surface area contributed by atoms with E-state index in [-0.39, 0.29) is 23.7 Å². The van der Waals surface area contributed by atoms with Crippen LogP contribution in [0.3, 0.4) is 0 Å². The van der Waals surface area contributed by atoms with Gasteiger partial charge >= 0.3 is 0 Å². The van der Waals surface area contributed by atoms with E-state index in [0.717, 1.165) is 25.7 Å². The molecular formula is C23H28N2O5. The van der Waals surface area contributed by atoms with Crippen molar-refractivity contribution in [1.82, 2.24) is 5.32 Å². The number of carbonyl (C=O) groups excluding carboxylic acids is 2. The molecule has 1 aliphatic rings. The molecule has 160 valence electrons. The van der Waals surface area contributed by atoms with Crippen LogP contribution in [0.5, 0.6) is 17.2 Å². The molecule has 7 nitrogen and oxygen atoms in total. The smallest absolute Gasteiger partial charge is 0.255 e. The standard InChI is InChI=1S/C23H28N2O5/c1-28-18-12-16(13-19(29-2)21(18)30-14-20(24)26)22(27)25-15-23(10-6-7-11-23)17-8-4-3-5-9-17/h3-5,8-9,12-13H,6-7,10-11,14-15H2,1-2H3,(H2,24,26)(H,25,27). The Morgan fingerprint density at radius 3 is 2.17 bits per heavy atom. The number of nitrogens with two attached hydrogens (primary N) is 1. The summed E-state index contributed by atoms with van der Waals surface area (Å²) in [6.07, 6.45) is 4.39. The van der Waals surface area contributed by atoms with Crippen molar-refractivity contribution in [3.8, 4) is 17.2 Å². The Morgan fingerprint density at radius 2 is 1.63 bits per heavy atom. The molecule has 0 bridgehead atoms. The lowest BCUT2D eigenvalue weighted by atomic mass is 9.79. The van der Waals surface area contributed by atoms with Crippen molar-refractivity contribution >= 4 is 11.8 Å². The molecule has 1 saturated carbocycles. The van der Waals surface area contributed by atoms with Crippen molar-refractivity contribution in [3.63, 3.8) is 0 Å². The largest absolute Gasteiger partial charge is 0.493 e. The highest BCUT2D eigenvalue weighted by molar-refractivity contribution is 5.95. The summed E-state index contributed by atoms with van der Waals surface area (Å²) in [7, 11) is 2.91. The van der Waals surface area contributed by atoms with Crippen molar-refractivity contribution in [2.75, 3.05) is 27.4 Å². The zero-order valence-corrected chi connectivity index (χ0v) is 17.4. The number of ether oxygens (including phenoxy) is 3. The molecule has 0 atom stereocenters. The zero-order valence-electron chi connectivity index (χ0n) is 17.4. The molecule has 1 aliphatic carbocycles.